The van der Waals surface area contributed by atoms with E-state index in [2.05, 4.69) is 4.99 Å². The van der Waals surface area contributed by atoms with E-state index in [1.54, 1.807) is 14.2 Å². The highest BCUT2D eigenvalue weighted by Gasteiger charge is 1.93. The molecule has 0 radical (unpaired) electrons. The van der Waals surface area contributed by atoms with Crippen LogP contribution in [0.3, 0.4) is 0 Å². The normalized spacial score (nSPS) is 11.7. The van der Waals surface area contributed by atoms with Crippen LogP contribution in [0.4, 0.5) is 5.69 Å². The molecule has 0 aromatic heterocycles. The minimum atomic E-state index is 0.834. The third kappa shape index (κ3) is 4.49. The van der Waals surface area contributed by atoms with Crippen LogP contribution in [0, 0.1) is 0 Å². The van der Waals surface area contributed by atoms with Crippen LogP contribution in [-0.4, -0.2) is 19.9 Å². The van der Waals surface area contributed by atoms with Crippen LogP contribution < -0.4 is 9.47 Å². The molecule has 2 aromatic rings. The molecule has 0 heterocycles. The largest absolute Gasteiger partial charge is 0.497 e. The molecule has 3 heteroatoms. The quantitative estimate of drug-likeness (QED) is 0.755. The third-order valence-electron chi connectivity index (χ3n) is 3.01. The van der Waals surface area contributed by atoms with E-state index in [4.69, 9.17) is 9.47 Å². The predicted molar refractivity (Wildman–Crippen MR) is 87.8 cm³/mol. The lowest BCUT2D eigenvalue weighted by atomic mass is 10.2. The minimum absolute atomic E-state index is 0.834. The number of rotatable bonds is 5. The molecule has 0 saturated carbocycles. The molecule has 0 atom stereocenters. The number of aliphatic imine (C=N–C) groups is 1. The molecule has 0 aliphatic carbocycles. The van der Waals surface area contributed by atoms with Gasteiger partial charge in [0.05, 0.1) is 19.9 Å². The van der Waals surface area contributed by atoms with Crippen LogP contribution in [-0.2, 0) is 0 Å². The lowest BCUT2D eigenvalue weighted by molar-refractivity contribution is 0.414. The smallest absolute Gasteiger partial charge is 0.119 e. The van der Waals surface area contributed by atoms with Crippen LogP contribution in [0.15, 0.2) is 59.6 Å². The molecule has 2 rings (SSSR count). The number of nitrogens with zero attached hydrogens (tertiary/aromatic N) is 1. The number of allylic oxidation sites excluding steroid dienone is 1. The Labute approximate surface area is 125 Å². The third-order valence-corrected chi connectivity index (χ3v) is 3.01. The van der Waals surface area contributed by atoms with Crippen molar-refractivity contribution in [2.24, 2.45) is 4.99 Å². The van der Waals surface area contributed by atoms with Gasteiger partial charge in [-0.05, 0) is 55.0 Å². The maximum Gasteiger partial charge on any atom is 0.119 e. The summed E-state index contributed by atoms with van der Waals surface area (Å²) in [6.45, 7) is 1.98. The summed E-state index contributed by atoms with van der Waals surface area (Å²) in [5, 5.41) is 0. The molecule has 0 N–H and O–H groups in total. The van der Waals surface area contributed by atoms with Crippen molar-refractivity contribution >= 4 is 17.5 Å². The fourth-order valence-corrected chi connectivity index (χ4v) is 1.83. The first-order valence-electron chi connectivity index (χ1n) is 6.73. The Hall–Kier alpha value is -2.55. The van der Waals surface area contributed by atoms with Gasteiger partial charge in [-0.3, -0.25) is 4.99 Å². The standard InChI is InChI=1S/C18H19NO2/c1-14(19-16-8-12-18(21-3)13-9-16)4-5-15-6-10-17(20-2)11-7-15/h4-13H,1-3H3/b5-4+,19-14?. The second-order valence-electron chi connectivity index (χ2n) is 4.56. The van der Waals surface area contributed by atoms with E-state index in [0.717, 1.165) is 28.5 Å². The lowest BCUT2D eigenvalue weighted by Crippen LogP contribution is -1.85. The summed E-state index contributed by atoms with van der Waals surface area (Å²) >= 11 is 0. The summed E-state index contributed by atoms with van der Waals surface area (Å²) in [5.41, 5.74) is 2.96. The monoisotopic (exact) mass is 281 g/mol. The van der Waals surface area contributed by atoms with Gasteiger partial charge in [0.2, 0.25) is 0 Å². The van der Waals surface area contributed by atoms with Gasteiger partial charge in [-0.1, -0.05) is 18.2 Å². The molecule has 0 fully saturated rings. The molecule has 0 unspecified atom stereocenters. The van der Waals surface area contributed by atoms with Crippen molar-refractivity contribution in [2.45, 2.75) is 6.92 Å². The maximum absolute atomic E-state index is 5.13. The van der Waals surface area contributed by atoms with Crippen molar-refractivity contribution in [3.8, 4) is 11.5 Å². The molecular formula is C18H19NO2. The zero-order valence-corrected chi connectivity index (χ0v) is 12.5. The summed E-state index contributed by atoms with van der Waals surface area (Å²) in [6, 6.07) is 15.6. The van der Waals surface area contributed by atoms with Crippen molar-refractivity contribution in [3.63, 3.8) is 0 Å². The Kier molecular flexibility index (Phi) is 5.16. The van der Waals surface area contributed by atoms with Crippen molar-refractivity contribution in [2.75, 3.05) is 14.2 Å². The SMILES string of the molecule is COc1ccc(/C=C/C(C)=Nc2ccc(OC)cc2)cc1. The molecule has 0 bridgehead atoms. The molecule has 0 saturated heterocycles. The van der Waals surface area contributed by atoms with E-state index >= 15 is 0 Å². The van der Waals surface area contributed by atoms with Gasteiger partial charge < -0.3 is 9.47 Å². The lowest BCUT2D eigenvalue weighted by Gasteiger charge is -2.00. The van der Waals surface area contributed by atoms with E-state index in [1.807, 2.05) is 67.6 Å². The minimum Gasteiger partial charge on any atom is -0.497 e. The van der Waals surface area contributed by atoms with Crippen molar-refractivity contribution < 1.29 is 9.47 Å². The van der Waals surface area contributed by atoms with E-state index in [-0.39, 0.29) is 0 Å². The number of methoxy groups -OCH3 is 2. The topological polar surface area (TPSA) is 30.8 Å². The van der Waals surface area contributed by atoms with Crippen molar-refractivity contribution in [3.05, 3.63) is 60.2 Å². The Morgan fingerprint density at radius 3 is 1.90 bits per heavy atom. The van der Waals surface area contributed by atoms with Crippen LogP contribution >= 0.6 is 0 Å². The zero-order valence-electron chi connectivity index (χ0n) is 12.5. The summed E-state index contributed by atoms with van der Waals surface area (Å²) < 4.78 is 10.3. The van der Waals surface area contributed by atoms with Gasteiger partial charge in [-0.2, -0.15) is 0 Å². The summed E-state index contributed by atoms with van der Waals surface area (Å²) in [4.78, 5) is 4.53. The molecule has 0 aliphatic rings. The van der Waals surface area contributed by atoms with Crippen molar-refractivity contribution in [1.82, 2.24) is 0 Å². The fourth-order valence-electron chi connectivity index (χ4n) is 1.83. The van der Waals surface area contributed by atoms with Crippen LogP contribution in [0.25, 0.3) is 6.08 Å². The predicted octanol–water partition coefficient (Wildman–Crippen LogP) is 4.51. The average molecular weight is 281 g/mol. The molecule has 108 valence electrons. The van der Waals surface area contributed by atoms with Gasteiger partial charge in [-0.15, -0.1) is 0 Å². The molecular weight excluding hydrogens is 262 g/mol. The second-order valence-corrected chi connectivity index (χ2v) is 4.56. The average Bonchev–Trinajstić information content (AvgIpc) is 2.54. The number of benzene rings is 2. The van der Waals surface area contributed by atoms with Gasteiger partial charge in [0, 0.05) is 5.71 Å². The van der Waals surface area contributed by atoms with E-state index in [1.165, 1.54) is 0 Å². The highest BCUT2D eigenvalue weighted by molar-refractivity contribution is 5.97. The Balaban J connectivity index is 2.05. The molecule has 2 aromatic carbocycles. The first-order chi connectivity index (χ1) is 10.2. The Morgan fingerprint density at radius 2 is 1.38 bits per heavy atom. The molecule has 0 aliphatic heterocycles. The molecule has 0 amide bonds. The van der Waals surface area contributed by atoms with Gasteiger partial charge in [0.25, 0.3) is 0 Å². The molecule has 3 nitrogen and oxygen atoms in total. The first kappa shape index (κ1) is 14.9. The number of hydrogen-bond donors (Lipinski definition) is 0. The maximum atomic E-state index is 5.13. The van der Waals surface area contributed by atoms with Gasteiger partial charge >= 0.3 is 0 Å². The van der Waals surface area contributed by atoms with E-state index in [9.17, 15) is 0 Å². The first-order valence-corrected chi connectivity index (χ1v) is 6.73. The van der Waals surface area contributed by atoms with Crippen LogP contribution in [0.1, 0.15) is 12.5 Å². The number of hydrogen-bond acceptors (Lipinski definition) is 3. The Morgan fingerprint density at radius 1 is 0.857 bits per heavy atom. The van der Waals surface area contributed by atoms with Crippen LogP contribution in [0.2, 0.25) is 0 Å². The highest BCUT2D eigenvalue weighted by Crippen LogP contribution is 2.18. The number of ether oxygens (including phenoxy) is 2. The van der Waals surface area contributed by atoms with Gasteiger partial charge in [0.15, 0.2) is 0 Å². The van der Waals surface area contributed by atoms with E-state index in [0.29, 0.717) is 0 Å². The zero-order chi connectivity index (χ0) is 15.1. The van der Waals surface area contributed by atoms with Crippen LogP contribution in [0.5, 0.6) is 11.5 Å². The Bertz CT molecular complexity index is 625. The molecule has 21 heavy (non-hydrogen) atoms. The summed E-state index contributed by atoms with van der Waals surface area (Å²) in [7, 11) is 3.32. The van der Waals surface area contributed by atoms with Gasteiger partial charge in [0.1, 0.15) is 11.5 Å². The summed E-state index contributed by atoms with van der Waals surface area (Å²) in [5.74, 6) is 1.69. The second kappa shape index (κ2) is 7.29. The van der Waals surface area contributed by atoms with Gasteiger partial charge in [-0.25, -0.2) is 0 Å². The highest BCUT2D eigenvalue weighted by atomic mass is 16.5. The fraction of sp³-hybridized carbons (Fsp3) is 0.167. The summed E-state index contributed by atoms with van der Waals surface area (Å²) in [6.07, 6.45) is 4.02. The van der Waals surface area contributed by atoms with E-state index < -0.39 is 0 Å². The molecule has 0 spiro atoms. The van der Waals surface area contributed by atoms with Crippen molar-refractivity contribution in [1.29, 1.82) is 0 Å².